The fraction of sp³-hybridized carbons (Fsp3) is 0.818. The smallest absolute Gasteiger partial charge is 0.325 e. The molecular weight excluding hydrogens is 610 g/mol. The molecule has 1 aliphatic heterocycles. The summed E-state index contributed by atoms with van der Waals surface area (Å²) >= 11 is 0. The monoisotopic (exact) mass is 669 g/mol. The van der Waals surface area contributed by atoms with Crippen LogP contribution in [0.25, 0.3) is 0 Å². The number of carbonyl (C=O) groups excluding carboxylic acids is 6. The van der Waals surface area contributed by atoms with Gasteiger partial charge in [0.25, 0.3) is 0 Å². The van der Waals surface area contributed by atoms with Gasteiger partial charge in [0.15, 0.2) is 0 Å². The van der Waals surface area contributed by atoms with Gasteiger partial charge in [0.05, 0.1) is 18.6 Å². The average molecular weight is 670 g/mol. The number of hydrogen-bond donors (Lipinski definition) is 6. The lowest BCUT2D eigenvalue weighted by atomic mass is 9.94. The highest BCUT2D eigenvalue weighted by atomic mass is 16.5. The highest BCUT2D eigenvalue weighted by molar-refractivity contribution is 5.96. The van der Waals surface area contributed by atoms with Gasteiger partial charge in [0.1, 0.15) is 36.8 Å². The molecule has 0 radical (unpaired) electrons. The number of esters is 1. The first-order valence-corrected chi connectivity index (χ1v) is 17.0. The fourth-order valence-corrected chi connectivity index (χ4v) is 5.43. The Kier molecular flexibility index (Phi) is 18.5. The molecule has 1 rings (SSSR count). The summed E-state index contributed by atoms with van der Waals surface area (Å²) in [6.45, 7) is 10.9. The van der Waals surface area contributed by atoms with Crippen LogP contribution in [0.4, 0.5) is 0 Å². The third-order valence-electron chi connectivity index (χ3n) is 8.71. The number of aliphatic hydroxyl groups excluding tert-OH is 2. The van der Waals surface area contributed by atoms with Gasteiger partial charge in [-0.1, -0.05) is 73.6 Å². The van der Waals surface area contributed by atoms with E-state index in [0.717, 1.165) is 25.7 Å². The minimum absolute atomic E-state index is 0.00563. The largest absolute Gasteiger partial charge is 0.460 e. The number of hydrogen-bond acceptors (Lipinski definition) is 9. The predicted molar refractivity (Wildman–Crippen MR) is 175 cm³/mol. The van der Waals surface area contributed by atoms with E-state index in [1.807, 2.05) is 20.8 Å². The number of carbonyl (C=O) groups is 6. The van der Waals surface area contributed by atoms with Crippen molar-refractivity contribution in [3.8, 4) is 0 Å². The molecule has 14 heteroatoms. The standard InChI is InChI=1S/C33H59N5O9/c1-9-11-12-13-14-15-25-21(6)33(46)38(8)24(16-19(3)4)30(43)36-27(20(5)10-2)32(45)35-23(18-39)29(42)37-28(22(7)40)31(44)34-17-26(41)47-25/h19-25,27-28,39-40H,9-18H2,1-8H3,(H,34,44)(H,35,45)(H,36,43)(H,37,42)/t20-,21-,22+,23-,24+,25-,27+,28-/m1/s1. The van der Waals surface area contributed by atoms with Gasteiger partial charge in [0.2, 0.25) is 29.5 Å². The lowest BCUT2D eigenvalue weighted by molar-refractivity contribution is -0.157. The Bertz CT molecular complexity index is 1050. The molecule has 1 heterocycles. The summed E-state index contributed by atoms with van der Waals surface area (Å²) in [5, 5.41) is 30.1. The second kappa shape index (κ2) is 20.9. The van der Waals surface area contributed by atoms with Crippen LogP contribution in [0, 0.1) is 17.8 Å². The van der Waals surface area contributed by atoms with Crippen molar-refractivity contribution in [2.24, 2.45) is 17.8 Å². The molecule has 14 nitrogen and oxygen atoms in total. The molecule has 0 unspecified atom stereocenters. The summed E-state index contributed by atoms with van der Waals surface area (Å²) in [6, 6.07) is -5.15. The molecule has 0 spiro atoms. The van der Waals surface area contributed by atoms with Crippen LogP contribution in [-0.2, 0) is 33.5 Å². The maximum atomic E-state index is 13.9. The summed E-state index contributed by atoms with van der Waals surface area (Å²) in [4.78, 5) is 81.5. The highest BCUT2D eigenvalue weighted by Gasteiger charge is 2.38. The first kappa shape index (κ1) is 41.8. The lowest BCUT2D eigenvalue weighted by Gasteiger charge is -2.34. The number of likely N-dealkylation sites (N-methyl/N-ethyl adjacent to an activating group) is 1. The molecule has 1 aliphatic rings. The van der Waals surface area contributed by atoms with Gasteiger partial charge < -0.3 is 41.1 Å². The van der Waals surface area contributed by atoms with Crippen LogP contribution in [0.1, 0.15) is 99.8 Å². The molecule has 0 aliphatic carbocycles. The SMILES string of the molecule is CCCCCCC[C@H]1OC(=O)CNC(=O)[C@@H]([C@H](C)O)NC(=O)[C@@H](CO)NC(=O)[C@H]([C@H](C)CC)NC(=O)[C@H](CC(C)C)N(C)C(=O)[C@@H]1C. The molecule has 0 bridgehead atoms. The van der Waals surface area contributed by atoms with Crippen LogP contribution in [0.2, 0.25) is 0 Å². The molecule has 47 heavy (non-hydrogen) atoms. The van der Waals surface area contributed by atoms with Crippen LogP contribution in [-0.4, -0.2) is 107 Å². The summed E-state index contributed by atoms with van der Waals surface area (Å²) in [6.07, 6.45) is 3.53. The molecule has 8 atom stereocenters. The van der Waals surface area contributed by atoms with E-state index in [1.54, 1.807) is 13.8 Å². The highest BCUT2D eigenvalue weighted by Crippen LogP contribution is 2.22. The molecule has 1 fully saturated rings. The van der Waals surface area contributed by atoms with Gasteiger partial charge in [-0.3, -0.25) is 28.8 Å². The molecular formula is C33H59N5O9. The van der Waals surface area contributed by atoms with Crippen LogP contribution in [0.15, 0.2) is 0 Å². The molecule has 0 aromatic rings. The van der Waals surface area contributed by atoms with Gasteiger partial charge in [-0.05, 0) is 38.0 Å². The minimum atomic E-state index is -1.53. The minimum Gasteiger partial charge on any atom is -0.460 e. The molecule has 6 N–H and O–H groups in total. The first-order chi connectivity index (χ1) is 22.1. The number of amides is 5. The third-order valence-corrected chi connectivity index (χ3v) is 8.71. The number of unbranched alkanes of at least 4 members (excludes halogenated alkanes) is 4. The van der Waals surface area contributed by atoms with Gasteiger partial charge in [-0.15, -0.1) is 0 Å². The fourth-order valence-electron chi connectivity index (χ4n) is 5.43. The Morgan fingerprint density at radius 2 is 1.47 bits per heavy atom. The normalized spacial score (nSPS) is 27.4. The summed E-state index contributed by atoms with van der Waals surface area (Å²) < 4.78 is 5.73. The number of cyclic esters (lactones) is 1. The van der Waals surface area contributed by atoms with Crippen molar-refractivity contribution in [3.63, 3.8) is 0 Å². The van der Waals surface area contributed by atoms with Gasteiger partial charge >= 0.3 is 5.97 Å². The van der Waals surface area contributed by atoms with E-state index in [0.29, 0.717) is 19.3 Å². The topological polar surface area (TPSA) is 203 Å². The number of nitrogens with zero attached hydrogens (tertiary/aromatic N) is 1. The van der Waals surface area contributed by atoms with E-state index < -0.39 is 96.9 Å². The molecule has 270 valence electrons. The van der Waals surface area contributed by atoms with Crippen LogP contribution < -0.4 is 21.3 Å². The van der Waals surface area contributed by atoms with E-state index in [9.17, 15) is 39.0 Å². The molecule has 0 aromatic heterocycles. The van der Waals surface area contributed by atoms with Crippen molar-refractivity contribution in [2.45, 2.75) is 136 Å². The van der Waals surface area contributed by atoms with Gasteiger partial charge in [-0.25, -0.2) is 0 Å². The van der Waals surface area contributed by atoms with Crippen molar-refractivity contribution in [2.75, 3.05) is 20.2 Å². The molecule has 0 saturated carbocycles. The van der Waals surface area contributed by atoms with Gasteiger partial charge in [-0.2, -0.15) is 0 Å². The van der Waals surface area contributed by atoms with Crippen molar-refractivity contribution in [3.05, 3.63) is 0 Å². The summed E-state index contributed by atoms with van der Waals surface area (Å²) in [5.74, 6) is -5.65. The third kappa shape index (κ3) is 13.4. The Hall–Kier alpha value is -3.26. The Morgan fingerprint density at radius 3 is 2.02 bits per heavy atom. The maximum Gasteiger partial charge on any atom is 0.325 e. The van der Waals surface area contributed by atoms with E-state index in [1.165, 1.54) is 18.9 Å². The zero-order valence-electron chi connectivity index (χ0n) is 29.5. The second-order valence-electron chi connectivity index (χ2n) is 13.2. The summed E-state index contributed by atoms with van der Waals surface area (Å²) in [7, 11) is 1.51. The van der Waals surface area contributed by atoms with Crippen molar-refractivity contribution in [1.82, 2.24) is 26.2 Å². The van der Waals surface area contributed by atoms with Crippen molar-refractivity contribution < 1.29 is 43.7 Å². The first-order valence-electron chi connectivity index (χ1n) is 17.0. The van der Waals surface area contributed by atoms with Crippen LogP contribution in [0.3, 0.4) is 0 Å². The number of aliphatic hydroxyl groups is 2. The van der Waals surface area contributed by atoms with Crippen molar-refractivity contribution >= 4 is 35.5 Å². The average Bonchev–Trinajstić information content (AvgIpc) is 3.03. The number of rotatable bonds is 12. The zero-order chi connectivity index (χ0) is 35.8. The van der Waals surface area contributed by atoms with E-state index in [4.69, 9.17) is 4.74 Å². The number of nitrogens with one attached hydrogen (secondary N) is 4. The Labute approximate surface area is 279 Å². The predicted octanol–water partition coefficient (Wildman–Crippen LogP) is 0.771. The maximum absolute atomic E-state index is 13.9. The van der Waals surface area contributed by atoms with E-state index in [2.05, 4.69) is 28.2 Å². The molecule has 5 amide bonds. The van der Waals surface area contributed by atoms with Crippen molar-refractivity contribution in [1.29, 1.82) is 0 Å². The van der Waals surface area contributed by atoms with Crippen LogP contribution >= 0.6 is 0 Å². The molecule has 1 saturated heterocycles. The Balaban J connectivity index is 3.60. The van der Waals surface area contributed by atoms with Crippen LogP contribution in [0.5, 0.6) is 0 Å². The van der Waals surface area contributed by atoms with E-state index >= 15 is 0 Å². The zero-order valence-corrected chi connectivity index (χ0v) is 29.5. The second-order valence-corrected chi connectivity index (χ2v) is 13.2. The van der Waals surface area contributed by atoms with Gasteiger partial charge in [0, 0.05) is 7.05 Å². The molecule has 0 aromatic carbocycles. The number of ether oxygens (including phenoxy) is 1. The lowest BCUT2D eigenvalue weighted by Crippen LogP contribution is -2.61. The Morgan fingerprint density at radius 1 is 0.851 bits per heavy atom. The quantitative estimate of drug-likeness (QED) is 0.128. The van der Waals surface area contributed by atoms with E-state index in [-0.39, 0.29) is 12.3 Å². The summed E-state index contributed by atoms with van der Waals surface area (Å²) in [5.41, 5.74) is 0.